The zero-order valence-corrected chi connectivity index (χ0v) is 14.1. The molecule has 2 rings (SSSR count). The molecule has 1 heterocycles. The number of amides is 2. The first-order valence-corrected chi connectivity index (χ1v) is 8.78. The zero-order chi connectivity index (χ0) is 15.2. The molecule has 0 fully saturated rings. The van der Waals surface area contributed by atoms with Gasteiger partial charge in [-0.2, -0.15) is 0 Å². The van der Waals surface area contributed by atoms with Gasteiger partial charge in [-0.1, -0.05) is 54.2 Å². The number of halogens is 1. The average molecular weight is 352 g/mol. The van der Waals surface area contributed by atoms with Crippen LogP contribution in [0.5, 0.6) is 0 Å². The second-order valence-electron chi connectivity index (χ2n) is 5.76. The van der Waals surface area contributed by atoms with Crippen LogP contribution in [0.25, 0.3) is 0 Å². The number of unbranched alkanes of at least 4 members (excludes halogenated alkanes) is 3. The van der Waals surface area contributed by atoms with E-state index in [2.05, 4.69) is 22.9 Å². The topological polar surface area (TPSA) is 37.4 Å². The van der Waals surface area contributed by atoms with Crippen molar-refractivity contribution in [3.05, 3.63) is 35.4 Å². The second-order valence-corrected chi connectivity index (χ2v) is 6.56. The molecule has 0 bridgehead atoms. The van der Waals surface area contributed by atoms with E-state index in [0.29, 0.717) is 23.6 Å². The van der Waals surface area contributed by atoms with Gasteiger partial charge in [-0.3, -0.25) is 14.5 Å². The number of nitrogens with zero attached hydrogens (tertiary/aromatic N) is 1. The molecule has 1 aliphatic rings. The van der Waals surface area contributed by atoms with Crippen LogP contribution in [0.1, 0.15) is 59.7 Å². The van der Waals surface area contributed by atoms with E-state index >= 15 is 0 Å². The molecular formula is C17H22BrNO2. The molecule has 21 heavy (non-hydrogen) atoms. The van der Waals surface area contributed by atoms with Gasteiger partial charge < -0.3 is 0 Å². The molecule has 1 aromatic rings. The molecule has 114 valence electrons. The van der Waals surface area contributed by atoms with Crippen LogP contribution in [0.3, 0.4) is 0 Å². The molecule has 0 aliphatic carbocycles. The number of carbonyl (C=O) groups excluding carboxylic acids is 2. The minimum Gasteiger partial charge on any atom is -0.274 e. The highest BCUT2D eigenvalue weighted by Crippen LogP contribution is 2.24. The van der Waals surface area contributed by atoms with E-state index in [-0.39, 0.29) is 11.8 Å². The van der Waals surface area contributed by atoms with Gasteiger partial charge in [-0.05, 0) is 30.9 Å². The fourth-order valence-electron chi connectivity index (χ4n) is 2.75. The van der Waals surface area contributed by atoms with Crippen molar-refractivity contribution >= 4 is 27.7 Å². The molecule has 0 saturated heterocycles. The Labute approximate surface area is 134 Å². The summed E-state index contributed by atoms with van der Waals surface area (Å²) < 4.78 is 0. The first kappa shape index (κ1) is 16.2. The van der Waals surface area contributed by atoms with Gasteiger partial charge in [-0.25, -0.2) is 0 Å². The number of imide groups is 1. The van der Waals surface area contributed by atoms with Crippen molar-refractivity contribution in [2.24, 2.45) is 5.92 Å². The van der Waals surface area contributed by atoms with Gasteiger partial charge in [0.05, 0.1) is 11.1 Å². The largest absolute Gasteiger partial charge is 0.274 e. The number of carbonyl (C=O) groups is 2. The van der Waals surface area contributed by atoms with Crippen LogP contribution in [0.15, 0.2) is 24.3 Å². The van der Waals surface area contributed by atoms with Crippen molar-refractivity contribution in [2.75, 3.05) is 11.9 Å². The van der Waals surface area contributed by atoms with Gasteiger partial charge in [0, 0.05) is 11.9 Å². The molecular weight excluding hydrogens is 330 g/mol. The number of rotatable bonds is 8. The minimum absolute atomic E-state index is 0.137. The Morgan fingerprint density at radius 3 is 2.14 bits per heavy atom. The standard InChI is InChI=1S/C17H22BrNO2/c1-13(8-4-2-3-7-11-18)12-19-16(20)14-9-5-6-10-15(14)17(19)21/h5-6,9-10,13H,2-4,7-8,11-12H2,1H3. The highest BCUT2D eigenvalue weighted by molar-refractivity contribution is 9.09. The smallest absolute Gasteiger partial charge is 0.261 e. The van der Waals surface area contributed by atoms with E-state index in [1.165, 1.54) is 24.2 Å². The predicted molar refractivity (Wildman–Crippen MR) is 87.9 cm³/mol. The summed E-state index contributed by atoms with van der Waals surface area (Å²) in [5.74, 6) is 0.0830. The Hall–Kier alpha value is -1.16. The summed E-state index contributed by atoms with van der Waals surface area (Å²) >= 11 is 3.43. The molecule has 2 amide bonds. The van der Waals surface area contributed by atoms with E-state index in [9.17, 15) is 9.59 Å². The molecule has 0 radical (unpaired) electrons. The van der Waals surface area contributed by atoms with Gasteiger partial charge in [0.2, 0.25) is 0 Å². The molecule has 1 aromatic carbocycles. The highest BCUT2D eigenvalue weighted by Gasteiger charge is 2.35. The van der Waals surface area contributed by atoms with E-state index in [0.717, 1.165) is 18.2 Å². The number of alkyl halides is 1. The maximum Gasteiger partial charge on any atom is 0.261 e. The number of hydrogen-bond acceptors (Lipinski definition) is 2. The molecule has 4 heteroatoms. The molecule has 0 N–H and O–H groups in total. The van der Waals surface area contributed by atoms with Crippen LogP contribution in [-0.2, 0) is 0 Å². The number of benzene rings is 1. The van der Waals surface area contributed by atoms with Crippen LogP contribution < -0.4 is 0 Å². The van der Waals surface area contributed by atoms with Crippen molar-refractivity contribution < 1.29 is 9.59 Å². The summed E-state index contributed by atoms with van der Waals surface area (Å²) in [4.78, 5) is 25.9. The minimum atomic E-state index is -0.137. The lowest BCUT2D eigenvalue weighted by atomic mass is 10.0. The summed E-state index contributed by atoms with van der Waals surface area (Å²) in [7, 11) is 0. The maximum absolute atomic E-state index is 12.3. The highest BCUT2D eigenvalue weighted by atomic mass is 79.9. The summed E-state index contributed by atoms with van der Waals surface area (Å²) in [5.41, 5.74) is 1.10. The maximum atomic E-state index is 12.3. The summed E-state index contributed by atoms with van der Waals surface area (Å²) in [6.07, 6.45) is 5.91. The van der Waals surface area contributed by atoms with E-state index < -0.39 is 0 Å². The lowest BCUT2D eigenvalue weighted by molar-refractivity contribution is 0.0630. The molecule has 1 atom stereocenters. The zero-order valence-electron chi connectivity index (χ0n) is 12.5. The Balaban J connectivity index is 1.84. The lowest BCUT2D eigenvalue weighted by Gasteiger charge is -2.19. The van der Waals surface area contributed by atoms with Crippen LogP contribution in [0.2, 0.25) is 0 Å². The Morgan fingerprint density at radius 2 is 1.57 bits per heavy atom. The second kappa shape index (κ2) is 7.74. The normalized spacial score (nSPS) is 15.4. The fourth-order valence-corrected chi connectivity index (χ4v) is 3.15. The van der Waals surface area contributed by atoms with E-state index in [1.807, 2.05) is 0 Å². The molecule has 1 unspecified atom stereocenters. The van der Waals surface area contributed by atoms with E-state index in [4.69, 9.17) is 0 Å². The summed E-state index contributed by atoms with van der Waals surface area (Å²) in [6.45, 7) is 2.65. The monoisotopic (exact) mass is 351 g/mol. The lowest BCUT2D eigenvalue weighted by Crippen LogP contribution is -2.33. The van der Waals surface area contributed by atoms with Gasteiger partial charge in [-0.15, -0.1) is 0 Å². The van der Waals surface area contributed by atoms with Gasteiger partial charge in [0.25, 0.3) is 11.8 Å². The van der Waals surface area contributed by atoms with Crippen LogP contribution in [0.4, 0.5) is 0 Å². The molecule has 0 saturated carbocycles. The third kappa shape index (κ3) is 3.94. The Morgan fingerprint density at radius 1 is 1.00 bits per heavy atom. The van der Waals surface area contributed by atoms with Crippen molar-refractivity contribution in [3.8, 4) is 0 Å². The third-order valence-electron chi connectivity index (χ3n) is 3.95. The van der Waals surface area contributed by atoms with Crippen LogP contribution >= 0.6 is 15.9 Å². The van der Waals surface area contributed by atoms with Crippen LogP contribution in [0, 0.1) is 5.92 Å². The Kier molecular flexibility index (Phi) is 5.97. The van der Waals surface area contributed by atoms with E-state index in [1.54, 1.807) is 24.3 Å². The first-order valence-electron chi connectivity index (χ1n) is 7.66. The molecule has 0 spiro atoms. The van der Waals surface area contributed by atoms with Crippen molar-refractivity contribution in [3.63, 3.8) is 0 Å². The first-order chi connectivity index (χ1) is 10.1. The summed E-state index contributed by atoms with van der Waals surface area (Å²) in [6, 6.07) is 7.09. The van der Waals surface area contributed by atoms with Crippen LogP contribution in [-0.4, -0.2) is 28.6 Å². The van der Waals surface area contributed by atoms with Crippen molar-refractivity contribution in [1.29, 1.82) is 0 Å². The predicted octanol–water partition coefficient (Wildman–Crippen LogP) is 4.26. The fraction of sp³-hybridized carbons (Fsp3) is 0.529. The molecule has 3 nitrogen and oxygen atoms in total. The SMILES string of the molecule is CC(CCCCCCBr)CN1C(=O)c2ccccc2C1=O. The number of fused-ring (bicyclic) bond motifs is 1. The Bertz CT molecular complexity index is 480. The number of hydrogen-bond donors (Lipinski definition) is 0. The quantitative estimate of drug-likeness (QED) is 0.398. The summed E-state index contributed by atoms with van der Waals surface area (Å²) in [5, 5.41) is 1.07. The van der Waals surface area contributed by atoms with Gasteiger partial charge in [0.1, 0.15) is 0 Å². The van der Waals surface area contributed by atoms with Gasteiger partial charge >= 0.3 is 0 Å². The third-order valence-corrected chi connectivity index (χ3v) is 4.51. The van der Waals surface area contributed by atoms with Gasteiger partial charge in [0.15, 0.2) is 0 Å². The average Bonchev–Trinajstić information content (AvgIpc) is 2.73. The molecule has 0 aromatic heterocycles. The molecule has 1 aliphatic heterocycles. The van der Waals surface area contributed by atoms with Crippen molar-refractivity contribution in [1.82, 2.24) is 4.90 Å². The van der Waals surface area contributed by atoms with Crippen molar-refractivity contribution in [2.45, 2.75) is 39.0 Å².